The van der Waals surface area contributed by atoms with Gasteiger partial charge in [-0.2, -0.15) is 11.8 Å². The predicted octanol–water partition coefficient (Wildman–Crippen LogP) is 3.14. The van der Waals surface area contributed by atoms with Crippen molar-refractivity contribution in [1.82, 2.24) is 10.6 Å². The van der Waals surface area contributed by atoms with E-state index in [0.717, 1.165) is 42.2 Å². The lowest BCUT2D eigenvalue weighted by atomic mass is 10.1. The Morgan fingerprint density at radius 3 is 2.83 bits per heavy atom. The highest BCUT2D eigenvalue weighted by molar-refractivity contribution is 7.99. The monoisotopic (exact) mass is 370 g/mol. The molecule has 1 aromatic rings. The quantitative estimate of drug-likeness (QED) is 0.807. The number of amides is 1. The lowest BCUT2D eigenvalue weighted by Gasteiger charge is -2.22. The van der Waals surface area contributed by atoms with Crippen LogP contribution in [0, 0.1) is 0 Å². The zero-order chi connectivity index (χ0) is 15.9. The van der Waals surface area contributed by atoms with Gasteiger partial charge in [0.15, 0.2) is 0 Å². The van der Waals surface area contributed by atoms with Crippen molar-refractivity contribution in [3.8, 4) is 5.75 Å². The van der Waals surface area contributed by atoms with Crippen LogP contribution in [-0.2, 0) is 11.3 Å². The number of carbonyl (C=O) groups is 1. The second kappa shape index (κ2) is 10.2. The SMILES string of the molecule is Cl.O=C(CC1CSCCN1)NCc1ccccc1OC1CCCC1. The van der Waals surface area contributed by atoms with Gasteiger partial charge in [0, 0.05) is 42.6 Å². The molecule has 0 aromatic heterocycles. The molecule has 6 heteroatoms. The van der Waals surface area contributed by atoms with E-state index >= 15 is 0 Å². The largest absolute Gasteiger partial charge is 0.490 e. The molecule has 2 N–H and O–H groups in total. The first-order valence-electron chi connectivity index (χ1n) is 8.63. The van der Waals surface area contributed by atoms with Gasteiger partial charge in [-0.15, -0.1) is 12.4 Å². The normalized spacial score (nSPS) is 21.1. The van der Waals surface area contributed by atoms with Gasteiger partial charge in [-0.25, -0.2) is 0 Å². The average Bonchev–Trinajstić information content (AvgIpc) is 3.08. The van der Waals surface area contributed by atoms with Crippen molar-refractivity contribution >= 4 is 30.1 Å². The van der Waals surface area contributed by atoms with Crippen LogP contribution in [0.15, 0.2) is 24.3 Å². The van der Waals surface area contributed by atoms with Gasteiger partial charge in [0.2, 0.25) is 5.91 Å². The number of thioether (sulfide) groups is 1. The molecule has 1 unspecified atom stereocenters. The van der Waals surface area contributed by atoms with E-state index in [0.29, 0.717) is 25.1 Å². The number of carbonyl (C=O) groups excluding carboxylic acids is 1. The summed E-state index contributed by atoms with van der Waals surface area (Å²) in [7, 11) is 0. The number of ether oxygens (including phenoxy) is 1. The number of para-hydroxylation sites is 1. The van der Waals surface area contributed by atoms with Crippen molar-refractivity contribution in [3.63, 3.8) is 0 Å². The average molecular weight is 371 g/mol. The number of rotatable bonds is 6. The lowest BCUT2D eigenvalue weighted by molar-refractivity contribution is -0.121. The van der Waals surface area contributed by atoms with Gasteiger partial charge in [-0.3, -0.25) is 4.79 Å². The molecule has 0 bridgehead atoms. The highest BCUT2D eigenvalue weighted by Gasteiger charge is 2.19. The van der Waals surface area contributed by atoms with Crippen molar-refractivity contribution < 1.29 is 9.53 Å². The number of nitrogens with one attached hydrogen (secondary N) is 2. The maximum atomic E-state index is 12.1. The summed E-state index contributed by atoms with van der Waals surface area (Å²) in [5.74, 6) is 3.20. The minimum atomic E-state index is 0. The van der Waals surface area contributed by atoms with Crippen molar-refractivity contribution in [1.29, 1.82) is 0 Å². The Bertz CT molecular complexity index is 517. The van der Waals surface area contributed by atoms with Gasteiger partial charge >= 0.3 is 0 Å². The van der Waals surface area contributed by atoms with E-state index in [1.54, 1.807) is 0 Å². The van der Waals surface area contributed by atoms with Crippen molar-refractivity contribution in [2.75, 3.05) is 18.1 Å². The molecule has 1 heterocycles. The molecule has 24 heavy (non-hydrogen) atoms. The van der Waals surface area contributed by atoms with Gasteiger partial charge in [-0.1, -0.05) is 18.2 Å². The van der Waals surface area contributed by atoms with E-state index in [1.165, 1.54) is 12.8 Å². The first-order valence-corrected chi connectivity index (χ1v) is 9.79. The van der Waals surface area contributed by atoms with Crippen LogP contribution in [0.1, 0.15) is 37.7 Å². The van der Waals surface area contributed by atoms with Crippen molar-refractivity contribution in [2.45, 2.75) is 50.8 Å². The van der Waals surface area contributed by atoms with Crippen LogP contribution in [0.5, 0.6) is 5.75 Å². The molecule has 1 aliphatic heterocycles. The highest BCUT2D eigenvalue weighted by atomic mass is 35.5. The van der Waals surface area contributed by atoms with E-state index in [4.69, 9.17) is 4.74 Å². The summed E-state index contributed by atoms with van der Waals surface area (Å²) in [4.78, 5) is 12.1. The molecule has 0 spiro atoms. The van der Waals surface area contributed by atoms with E-state index in [1.807, 2.05) is 36.0 Å². The van der Waals surface area contributed by atoms with Crippen LogP contribution in [0.4, 0.5) is 0 Å². The number of hydrogen-bond acceptors (Lipinski definition) is 4. The molecule has 1 aliphatic carbocycles. The Hall–Kier alpha value is -0.910. The van der Waals surface area contributed by atoms with Gasteiger partial charge in [0.25, 0.3) is 0 Å². The third kappa shape index (κ3) is 5.87. The standard InChI is InChI=1S/C18H26N2O2S.ClH/c21-18(11-15-13-23-10-9-19-15)20-12-14-5-1-4-8-17(14)22-16-6-2-3-7-16;/h1,4-5,8,15-16,19H,2-3,6-7,9-13H2,(H,20,21);1H. The van der Waals surface area contributed by atoms with Crippen LogP contribution in [0.2, 0.25) is 0 Å². The van der Waals surface area contributed by atoms with E-state index in [2.05, 4.69) is 10.6 Å². The molecule has 3 rings (SSSR count). The summed E-state index contributed by atoms with van der Waals surface area (Å²) < 4.78 is 6.12. The fraction of sp³-hybridized carbons (Fsp3) is 0.611. The van der Waals surface area contributed by atoms with Gasteiger partial charge in [-0.05, 0) is 31.7 Å². The summed E-state index contributed by atoms with van der Waals surface area (Å²) >= 11 is 1.92. The fourth-order valence-corrected chi connectivity index (χ4v) is 4.14. The summed E-state index contributed by atoms with van der Waals surface area (Å²) in [5.41, 5.74) is 1.07. The molecule has 2 aliphatic rings. The Kier molecular flexibility index (Phi) is 8.22. The van der Waals surface area contributed by atoms with Crippen LogP contribution in [0.25, 0.3) is 0 Å². The first kappa shape index (κ1) is 19.4. The summed E-state index contributed by atoms with van der Waals surface area (Å²) in [6.45, 7) is 1.54. The van der Waals surface area contributed by atoms with Crippen molar-refractivity contribution in [2.24, 2.45) is 0 Å². The second-order valence-corrected chi connectivity index (χ2v) is 7.49. The van der Waals surface area contributed by atoms with Crippen molar-refractivity contribution in [3.05, 3.63) is 29.8 Å². The maximum absolute atomic E-state index is 12.1. The molecule has 0 radical (unpaired) electrons. The Morgan fingerprint density at radius 2 is 2.08 bits per heavy atom. The molecule has 1 saturated carbocycles. The minimum Gasteiger partial charge on any atom is -0.490 e. The third-order valence-electron chi connectivity index (χ3n) is 4.47. The zero-order valence-electron chi connectivity index (χ0n) is 14.0. The molecular weight excluding hydrogens is 344 g/mol. The first-order chi connectivity index (χ1) is 11.3. The molecule has 1 saturated heterocycles. The van der Waals surface area contributed by atoms with Gasteiger partial charge < -0.3 is 15.4 Å². The molecule has 2 fully saturated rings. The number of halogens is 1. The van der Waals surface area contributed by atoms with Crippen LogP contribution >= 0.6 is 24.2 Å². The van der Waals surface area contributed by atoms with Crippen LogP contribution < -0.4 is 15.4 Å². The maximum Gasteiger partial charge on any atom is 0.221 e. The van der Waals surface area contributed by atoms with E-state index < -0.39 is 0 Å². The molecule has 134 valence electrons. The molecular formula is C18H27ClN2O2S. The third-order valence-corrected chi connectivity index (χ3v) is 5.61. The summed E-state index contributed by atoms with van der Waals surface area (Å²) in [6, 6.07) is 8.36. The Morgan fingerprint density at radius 1 is 1.29 bits per heavy atom. The molecule has 4 nitrogen and oxygen atoms in total. The lowest BCUT2D eigenvalue weighted by Crippen LogP contribution is -2.41. The highest BCUT2D eigenvalue weighted by Crippen LogP contribution is 2.26. The second-order valence-electron chi connectivity index (χ2n) is 6.34. The topological polar surface area (TPSA) is 50.4 Å². The molecule has 1 aromatic carbocycles. The Labute approximate surface area is 154 Å². The summed E-state index contributed by atoms with van der Waals surface area (Å²) in [6.07, 6.45) is 5.71. The van der Waals surface area contributed by atoms with E-state index in [-0.39, 0.29) is 18.3 Å². The van der Waals surface area contributed by atoms with E-state index in [9.17, 15) is 4.79 Å². The van der Waals surface area contributed by atoms with Gasteiger partial charge in [0.1, 0.15) is 5.75 Å². The summed E-state index contributed by atoms with van der Waals surface area (Å²) in [5, 5.41) is 6.44. The minimum absolute atomic E-state index is 0. The zero-order valence-corrected chi connectivity index (χ0v) is 15.6. The smallest absolute Gasteiger partial charge is 0.221 e. The number of hydrogen-bond donors (Lipinski definition) is 2. The van der Waals surface area contributed by atoms with Crippen LogP contribution in [-0.4, -0.2) is 36.1 Å². The molecule has 1 amide bonds. The Balaban J connectivity index is 0.00000208. The fourth-order valence-electron chi connectivity index (χ4n) is 3.19. The predicted molar refractivity (Wildman–Crippen MR) is 102 cm³/mol. The number of benzene rings is 1. The molecule has 1 atom stereocenters. The van der Waals surface area contributed by atoms with Crippen LogP contribution in [0.3, 0.4) is 0 Å². The van der Waals surface area contributed by atoms with Gasteiger partial charge in [0.05, 0.1) is 6.10 Å².